The number of nitrogens with zero attached hydrogens (tertiary/aromatic N) is 2. The smallest absolute Gasteiger partial charge is 0.261 e. The first-order valence-corrected chi connectivity index (χ1v) is 12.6. The highest BCUT2D eigenvalue weighted by Gasteiger charge is 2.26. The lowest BCUT2D eigenvalue weighted by molar-refractivity contribution is 0.0982. The molecule has 5 nitrogen and oxygen atoms in total. The Morgan fingerprint density at radius 3 is 2.39 bits per heavy atom. The van der Waals surface area contributed by atoms with Gasteiger partial charge in [-0.15, -0.1) is 0 Å². The molecule has 4 aromatic rings. The topological polar surface area (TPSA) is 67.3 Å². The molecule has 3 aromatic carbocycles. The van der Waals surface area contributed by atoms with Gasteiger partial charge in [-0.25, -0.2) is 13.4 Å². The Hall–Kier alpha value is -3.03. The van der Waals surface area contributed by atoms with Gasteiger partial charge in [0.2, 0.25) is 0 Å². The minimum atomic E-state index is -3.57. The van der Waals surface area contributed by atoms with Crippen molar-refractivity contribution in [1.29, 1.82) is 0 Å². The van der Waals surface area contributed by atoms with E-state index in [-0.39, 0.29) is 16.4 Å². The van der Waals surface area contributed by atoms with Gasteiger partial charge in [0.1, 0.15) is 0 Å². The molecule has 7 heteroatoms. The molecule has 1 heterocycles. The van der Waals surface area contributed by atoms with Crippen LogP contribution in [0.4, 0.5) is 5.13 Å². The predicted octanol–water partition coefficient (Wildman–Crippen LogP) is 5.11. The van der Waals surface area contributed by atoms with Crippen molar-refractivity contribution in [2.75, 3.05) is 11.2 Å². The fourth-order valence-electron chi connectivity index (χ4n) is 3.50. The zero-order valence-corrected chi connectivity index (χ0v) is 18.9. The first-order valence-electron chi connectivity index (χ1n) is 9.91. The average molecular weight is 451 g/mol. The van der Waals surface area contributed by atoms with E-state index in [1.807, 2.05) is 48.5 Å². The number of aromatic nitrogens is 1. The van der Waals surface area contributed by atoms with E-state index in [9.17, 15) is 13.2 Å². The SMILES string of the molecule is CCc1cccc2sc(N(Cc3ccccc3)C(=O)c3ccccc3S(C)(=O)=O)nc12. The molecule has 0 spiro atoms. The van der Waals surface area contributed by atoms with E-state index in [4.69, 9.17) is 4.98 Å². The van der Waals surface area contributed by atoms with Crippen molar-refractivity contribution in [3.05, 3.63) is 89.5 Å². The van der Waals surface area contributed by atoms with Crippen LogP contribution in [0.1, 0.15) is 28.4 Å². The van der Waals surface area contributed by atoms with Gasteiger partial charge in [-0.3, -0.25) is 9.69 Å². The Morgan fingerprint density at radius 1 is 0.968 bits per heavy atom. The minimum absolute atomic E-state index is 0.0217. The molecule has 0 bridgehead atoms. The standard InChI is InChI=1S/C24H22N2O3S2/c1-3-18-12-9-14-20-22(18)25-24(30-20)26(16-17-10-5-4-6-11-17)23(27)19-13-7-8-15-21(19)31(2,28)29/h4-15H,3,16H2,1-2H3. The Morgan fingerprint density at radius 2 is 1.68 bits per heavy atom. The highest BCUT2D eigenvalue weighted by molar-refractivity contribution is 7.90. The van der Waals surface area contributed by atoms with Gasteiger partial charge in [0, 0.05) is 6.26 Å². The van der Waals surface area contributed by atoms with Crippen molar-refractivity contribution < 1.29 is 13.2 Å². The summed E-state index contributed by atoms with van der Waals surface area (Å²) in [4.78, 5) is 20.1. The van der Waals surface area contributed by atoms with Gasteiger partial charge in [0.05, 0.1) is 27.2 Å². The zero-order valence-electron chi connectivity index (χ0n) is 17.3. The molecule has 0 fully saturated rings. The zero-order chi connectivity index (χ0) is 22.0. The van der Waals surface area contributed by atoms with E-state index in [1.54, 1.807) is 23.1 Å². The van der Waals surface area contributed by atoms with Gasteiger partial charge < -0.3 is 0 Å². The monoisotopic (exact) mass is 450 g/mol. The summed E-state index contributed by atoms with van der Waals surface area (Å²) in [6, 6.07) is 22.0. The van der Waals surface area contributed by atoms with Crippen molar-refractivity contribution in [3.8, 4) is 0 Å². The lowest BCUT2D eigenvalue weighted by Gasteiger charge is -2.21. The first-order chi connectivity index (χ1) is 14.9. The number of anilines is 1. The van der Waals surface area contributed by atoms with E-state index in [0.717, 1.165) is 34.0 Å². The number of carbonyl (C=O) groups excluding carboxylic acids is 1. The number of benzene rings is 3. The van der Waals surface area contributed by atoms with E-state index in [2.05, 4.69) is 6.92 Å². The van der Waals surface area contributed by atoms with Crippen LogP contribution in [0, 0.1) is 0 Å². The molecular weight excluding hydrogens is 428 g/mol. The van der Waals surface area contributed by atoms with Crippen LogP contribution in [0.3, 0.4) is 0 Å². The Kier molecular flexibility index (Phi) is 5.89. The fourth-order valence-corrected chi connectivity index (χ4v) is 5.39. The molecule has 0 radical (unpaired) electrons. The van der Waals surface area contributed by atoms with Crippen molar-refractivity contribution in [1.82, 2.24) is 4.98 Å². The third kappa shape index (κ3) is 4.38. The van der Waals surface area contributed by atoms with Crippen LogP contribution < -0.4 is 4.90 Å². The quantitative estimate of drug-likeness (QED) is 0.409. The van der Waals surface area contributed by atoms with Crippen molar-refractivity contribution in [2.45, 2.75) is 24.8 Å². The number of hydrogen-bond acceptors (Lipinski definition) is 5. The summed E-state index contributed by atoms with van der Waals surface area (Å²) in [7, 11) is -3.57. The molecule has 0 atom stereocenters. The molecule has 0 N–H and O–H groups in total. The summed E-state index contributed by atoms with van der Waals surface area (Å²) in [5.74, 6) is -0.387. The molecular formula is C24H22N2O3S2. The molecule has 0 aliphatic carbocycles. The maximum atomic E-state index is 13.7. The minimum Gasteiger partial charge on any atom is -0.279 e. The van der Waals surface area contributed by atoms with Crippen LogP contribution in [-0.4, -0.2) is 25.6 Å². The lowest BCUT2D eigenvalue weighted by Crippen LogP contribution is -2.31. The number of hydrogen-bond donors (Lipinski definition) is 0. The number of para-hydroxylation sites is 1. The van der Waals surface area contributed by atoms with Crippen LogP contribution >= 0.6 is 11.3 Å². The molecule has 0 aliphatic rings. The van der Waals surface area contributed by atoms with Gasteiger partial charge >= 0.3 is 0 Å². The molecule has 4 rings (SSSR count). The summed E-state index contributed by atoms with van der Waals surface area (Å²) in [5.41, 5.74) is 3.08. The molecule has 0 aliphatic heterocycles. The first kappa shape index (κ1) is 21.2. The molecule has 1 amide bonds. The summed E-state index contributed by atoms with van der Waals surface area (Å²) >= 11 is 1.44. The van der Waals surface area contributed by atoms with Gasteiger partial charge in [-0.2, -0.15) is 0 Å². The Labute approximate surface area is 185 Å². The van der Waals surface area contributed by atoms with Crippen LogP contribution in [-0.2, 0) is 22.8 Å². The largest absolute Gasteiger partial charge is 0.279 e. The highest BCUT2D eigenvalue weighted by Crippen LogP contribution is 2.33. The molecule has 158 valence electrons. The number of amides is 1. The maximum absolute atomic E-state index is 13.7. The van der Waals surface area contributed by atoms with E-state index in [0.29, 0.717) is 11.7 Å². The van der Waals surface area contributed by atoms with Crippen LogP contribution in [0.2, 0.25) is 0 Å². The summed E-state index contributed by atoms with van der Waals surface area (Å²) in [6.07, 6.45) is 1.95. The molecule has 0 saturated carbocycles. The number of fused-ring (bicyclic) bond motifs is 1. The molecule has 0 saturated heterocycles. The number of sulfone groups is 1. The van der Waals surface area contributed by atoms with Crippen molar-refractivity contribution >= 4 is 42.4 Å². The second kappa shape index (κ2) is 8.61. The lowest BCUT2D eigenvalue weighted by atomic mass is 10.1. The van der Waals surface area contributed by atoms with E-state index < -0.39 is 9.84 Å². The normalized spacial score (nSPS) is 11.5. The Bertz CT molecular complexity index is 1350. The van der Waals surface area contributed by atoms with Crippen LogP contribution in [0.25, 0.3) is 10.2 Å². The summed E-state index contributed by atoms with van der Waals surface area (Å²) in [5, 5.41) is 0.549. The van der Waals surface area contributed by atoms with Gasteiger partial charge in [-0.1, -0.05) is 72.9 Å². The number of thiazole rings is 1. The molecule has 0 unspecified atom stereocenters. The number of carbonyl (C=O) groups is 1. The highest BCUT2D eigenvalue weighted by atomic mass is 32.2. The predicted molar refractivity (Wildman–Crippen MR) is 126 cm³/mol. The third-order valence-electron chi connectivity index (χ3n) is 5.05. The van der Waals surface area contributed by atoms with Crippen molar-refractivity contribution in [3.63, 3.8) is 0 Å². The average Bonchev–Trinajstić information content (AvgIpc) is 3.21. The van der Waals surface area contributed by atoms with E-state index >= 15 is 0 Å². The van der Waals surface area contributed by atoms with Crippen molar-refractivity contribution in [2.24, 2.45) is 0 Å². The van der Waals surface area contributed by atoms with Gasteiger partial charge in [0.15, 0.2) is 15.0 Å². The van der Waals surface area contributed by atoms with Gasteiger partial charge in [0.25, 0.3) is 5.91 Å². The molecule has 31 heavy (non-hydrogen) atoms. The second-order valence-corrected chi connectivity index (χ2v) is 10.3. The van der Waals surface area contributed by atoms with E-state index in [1.165, 1.54) is 17.4 Å². The van der Waals surface area contributed by atoms with Crippen LogP contribution in [0.15, 0.2) is 77.7 Å². The van der Waals surface area contributed by atoms with Crippen LogP contribution in [0.5, 0.6) is 0 Å². The van der Waals surface area contributed by atoms with Gasteiger partial charge in [-0.05, 0) is 35.7 Å². The Balaban J connectivity index is 1.86. The summed E-state index contributed by atoms with van der Waals surface area (Å²) in [6.45, 7) is 2.36. The molecule has 1 aromatic heterocycles. The fraction of sp³-hybridized carbons (Fsp3) is 0.167. The summed E-state index contributed by atoms with van der Waals surface area (Å²) < 4.78 is 25.6. The number of aryl methyl sites for hydroxylation is 1. The second-order valence-electron chi connectivity index (χ2n) is 7.26. The third-order valence-corrected chi connectivity index (χ3v) is 7.25. The maximum Gasteiger partial charge on any atom is 0.261 e. The number of rotatable bonds is 6.